The molecule has 0 amide bonds. The standard InChI is InChI=1S/C22H34N4O.HI/c1-4-17-7-5-8-19-18(15-25-20(17)19)9-13-24-21(23-2)26-16-22(10-6-11-22)12-14-27-3;/h5,7-8,15,25H,4,6,9-14,16H2,1-3H3,(H2,23,24,26);1H. The van der Waals surface area contributed by atoms with Crippen molar-refractivity contribution in [1.29, 1.82) is 0 Å². The van der Waals surface area contributed by atoms with Crippen molar-refractivity contribution in [3.05, 3.63) is 35.5 Å². The average molecular weight is 498 g/mol. The van der Waals surface area contributed by atoms with Gasteiger partial charge in [-0.05, 0) is 48.6 Å². The molecule has 0 spiro atoms. The topological polar surface area (TPSA) is 61.4 Å². The van der Waals surface area contributed by atoms with E-state index in [1.807, 2.05) is 7.05 Å². The highest BCUT2D eigenvalue weighted by Gasteiger charge is 2.36. The van der Waals surface area contributed by atoms with Gasteiger partial charge in [0, 0.05) is 51.0 Å². The summed E-state index contributed by atoms with van der Waals surface area (Å²) in [4.78, 5) is 7.85. The van der Waals surface area contributed by atoms with Crippen molar-refractivity contribution in [1.82, 2.24) is 15.6 Å². The van der Waals surface area contributed by atoms with E-state index in [-0.39, 0.29) is 24.0 Å². The molecule has 0 atom stereocenters. The largest absolute Gasteiger partial charge is 0.385 e. The second kappa shape index (κ2) is 11.0. The third-order valence-electron chi connectivity index (χ3n) is 6.06. The lowest BCUT2D eigenvalue weighted by atomic mass is 9.67. The van der Waals surface area contributed by atoms with Crippen LogP contribution in [0.5, 0.6) is 0 Å². The quantitative estimate of drug-likeness (QED) is 0.275. The highest BCUT2D eigenvalue weighted by atomic mass is 127. The number of benzene rings is 1. The number of rotatable bonds is 9. The van der Waals surface area contributed by atoms with Crippen LogP contribution in [0.1, 0.15) is 43.7 Å². The van der Waals surface area contributed by atoms with Crippen molar-refractivity contribution in [2.24, 2.45) is 10.4 Å². The number of aromatic amines is 1. The number of guanidine groups is 1. The molecule has 28 heavy (non-hydrogen) atoms. The number of aliphatic imine (C=N–C) groups is 1. The van der Waals surface area contributed by atoms with Crippen LogP contribution in [0.3, 0.4) is 0 Å². The van der Waals surface area contributed by atoms with Gasteiger partial charge in [-0.2, -0.15) is 0 Å². The molecule has 1 fully saturated rings. The maximum atomic E-state index is 5.29. The Bertz CT molecular complexity index is 767. The van der Waals surface area contributed by atoms with E-state index in [0.29, 0.717) is 5.41 Å². The predicted molar refractivity (Wildman–Crippen MR) is 129 cm³/mol. The van der Waals surface area contributed by atoms with Crippen LogP contribution < -0.4 is 10.6 Å². The maximum absolute atomic E-state index is 5.29. The Morgan fingerprint density at radius 1 is 1.25 bits per heavy atom. The van der Waals surface area contributed by atoms with Crippen LogP contribution in [0.2, 0.25) is 0 Å². The zero-order valence-corrected chi connectivity index (χ0v) is 19.8. The molecule has 3 rings (SSSR count). The molecule has 2 aromatic rings. The number of aryl methyl sites for hydroxylation is 1. The summed E-state index contributed by atoms with van der Waals surface area (Å²) in [6, 6.07) is 6.57. The number of hydrogen-bond acceptors (Lipinski definition) is 2. The summed E-state index contributed by atoms with van der Waals surface area (Å²) < 4.78 is 5.29. The monoisotopic (exact) mass is 498 g/mol. The van der Waals surface area contributed by atoms with E-state index in [4.69, 9.17) is 4.74 Å². The van der Waals surface area contributed by atoms with E-state index in [9.17, 15) is 0 Å². The van der Waals surface area contributed by atoms with Crippen molar-refractivity contribution in [3.63, 3.8) is 0 Å². The van der Waals surface area contributed by atoms with E-state index in [1.54, 1.807) is 7.11 Å². The number of methoxy groups -OCH3 is 1. The van der Waals surface area contributed by atoms with Crippen LogP contribution in [0, 0.1) is 5.41 Å². The molecule has 0 bridgehead atoms. The fourth-order valence-corrected chi connectivity index (χ4v) is 4.09. The van der Waals surface area contributed by atoms with E-state index >= 15 is 0 Å². The summed E-state index contributed by atoms with van der Waals surface area (Å²) in [5.41, 5.74) is 4.41. The smallest absolute Gasteiger partial charge is 0.191 e. The van der Waals surface area contributed by atoms with Gasteiger partial charge in [0.05, 0.1) is 0 Å². The van der Waals surface area contributed by atoms with Crippen LogP contribution in [0.25, 0.3) is 10.9 Å². The molecule has 6 heteroatoms. The van der Waals surface area contributed by atoms with E-state index in [1.165, 1.54) is 41.3 Å². The Kier molecular flexibility index (Phi) is 9.08. The minimum absolute atomic E-state index is 0. The Labute approximate surface area is 186 Å². The molecule has 0 saturated heterocycles. The molecule has 1 aromatic heterocycles. The number of aromatic nitrogens is 1. The molecule has 0 unspecified atom stereocenters. The third kappa shape index (κ3) is 5.41. The lowest BCUT2D eigenvalue weighted by Crippen LogP contribution is -2.47. The minimum Gasteiger partial charge on any atom is -0.385 e. The summed E-state index contributed by atoms with van der Waals surface area (Å²) >= 11 is 0. The summed E-state index contributed by atoms with van der Waals surface area (Å²) in [5.74, 6) is 0.896. The Morgan fingerprint density at radius 3 is 2.71 bits per heavy atom. The summed E-state index contributed by atoms with van der Waals surface area (Å²) in [6.07, 6.45) is 9.21. The first-order valence-electron chi connectivity index (χ1n) is 10.2. The number of ether oxygens (including phenoxy) is 1. The second-order valence-corrected chi connectivity index (χ2v) is 7.71. The molecule has 0 aliphatic heterocycles. The van der Waals surface area contributed by atoms with Gasteiger partial charge >= 0.3 is 0 Å². The summed E-state index contributed by atoms with van der Waals surface area (Å²) in [7, 11) is 3.63. The highest BCUT2D eigenvalue weighted by Crippen LogP contribution is 2.43. The van der Waals surface area contributed by atoms with Crippen LogP contribution in [-0.4, -0.2) is 44.8 Å². The normalized spacial score (nSPS) is 15.8. The number of para-hydroxylation sites is 1. The molecule has 1 aliphatic rings. The van der Waals surface area contributed by atoms with Gasteiger partial charge < -0.3 is 20.4 Å². The molecular formula is C22H35IN4O. The number of halogens is 1. The van der Waals surface area contributed by atoms with Gasteiger partial charge in [-0.3, -0.25) is 4.99 Å². The number of H-pyrrole nitrogens is 1. The van der Waals surface area contributed by atoms with Crippen molar-refractivity contribution in [3.8, 4) is 0 Å². The van der Waals surface area contributed by atoms with E-state index in [2.05, 4.69) is 51.9 Å². The summed E-state index contributed by atoms with van der Waals surface area (Å²) in [5, 5.41) is 8.34. The Balaban J connectivity index is 0.00000280. The van der Waals surface area contributed by atoms with Crippen LogP contribution in [-0.2, 0) is 17.6 Å². The zero-order valence-electron chi connectivity index (χ0n) is 17.4. The van der Waals surface area contributed by atoms with Crippen molar-refractivity contribution >= 4 is 40.8 Å². The number of hydrogen-bond donors (Lipinski definition) is 3. The predicted octanol–water partition coefficient (Wildman–Crippen LogP) is 4.26. The van der Waals surface area contributed by atoms with Crippen LogP contribution in [0.4, 0.5) is 0 Å². The van der Waals surface area contributed by atoms with Crippen molar-refractivity contribution in [2.75, 3.05) is 33.9 Å². The van der Waals surface area contributed by atoms with Gasteiger partial charge in [0.25, 0.3) is 0 Å². The SMILES string of the molecule is CCc1cccc2c(CCNC(=NC)NCC3(CCOC)CCC3)c[nH]c12.I. The Morgan fingerprint density at radius 2 is 2.07 bits per heavy atom. The number of nitrogens with zero attached hydrogens (tertiary/aromatic N) is 1. The molecule has 0 radical (unpaired) electrons. The fourth-order valence-electron chi connectivity index (χ4n) is 4.09. The first-order valence-corrected chi connectivity index (χ1v) is 10.2. The molecule has 3 N–H and O–H groups in total. The Hall–Kier alpha value is -1.28. The molecule has 1 saturated carbocycles. The first-order chi connectivity index (χ1) is 13.2. The first kappa shape index (κ1) is 23.0. The molecule has 5 nitrogen and oxygen atoms in total. The zero-order chi connectivity index (χ0) is 19.1. The lowest BCUT2D eigenvalue weighted by molar-refractivity contribution is 0.0732. The molecule has 1 heterocycles. The van der Waals surface area contributed by atoms with E-state index in [0.717, 1.165) is 44.9 Å². The van der Waals surface area contributed by atoms with Gasteiger partial charge in [0.2, 0.25) is 0 Å². The number of nitrogens with one attached hydrogen (secondary N) is 3. The van der Waals surface area contributed by atoms with E-state index < -0.39 is 0 Å². The van der Waals surface area contributed by atoms with Gasteiger partial charge in [-0.25, -0.2) is 0 Å². The third-order valence-corrected chi connectivity index (χ3v) is 6.06. The molecule has 156 valence electrons. The maximum Gasteiger partial charge on any atom is 0.191 e. The van der Waals surface area contributed by atoms with Gasteiger partial charge in [0.15, 0.2) is 5.96 Å². The fraction of sp³-hybridized carbons (Fsp3) is 0.591. The average Bonchev–Trinajstić information content (AvgIpc) is 3.08. The summed E-state index contributed by atoms with van der Waals surface area (Å²) in [6.45, 7) is 4.89. The van der Waals surface area contributed by atoms with Crippen molar-refractivity contribution in [2.45, 2.75) is 45.4 Å². The minimum atomic E-state index is 0. The second-order valence-electron chi connectivity index (χ2n) is 7.71. The molecular weight excluding hydrogens is 463 g/mol. The van der Waals surface area contributed by atoms with Gasteiger partial charge in [-0.1, -0.05) is 31.5 Å². The van der Waals surface area contributed by atoms with Crippen LogP contribution in [0.15, 0.2) is 29.4 Å². The lowest BCUT2D eigenvalue weighted by Gasteiger charge is -2.42. The molecule has 1 aliphatic carbocycles. The molecule has 1 aromatic carbocycles. The highest BCUT2D eigenvalue weighted by molar-refractivity contribution is 14.0. The van der Waals surface area contributed by atoms with Crippen molar-refractivity contribution < 1.29 is 4.74 Å². The van der Waals surface area contributed by atoms with Gasteiger partial charge in [-0.15, -0.1) is 24.0 Å². The van der Waals surface area contributed by atoms with Crippen LogP contribution >= 0.6 is 24.0 Å². The van der Waals surface area contributed by atoms with Gasteiger partial charge in [0.1, 0.15) is 0 Å². The number of fused-ring (bicyclic) bond motifs is 1.